The fourth-order valence-corrected chi connectivity index (χ4v) is 5.14. The molecular formula is C14H24N2O3S2. The minimum absolute atomic E-state index is 0.0116. The van der Waals surface area contributed by atoms with E-state index in [9.17, 15) is 14.7 Å². The van der Waals surface area contributed by atoms with Crippen LogP contribution in [-0.4, -0.2) is 67.7 Å². The molecule has 0 aliphatic carbocycles. The Bertz CT molecular complexity index is 417. The van der Waals surface area contributed by atoms with Crippen molar-refractivity contribution in [1.82, 2.24) is 9.80 Å². The molecule has 0 aromatic carbocycles. The van der Waals surface area contributed by atoms with Crippen LogP contribution in [-0.2, 0) is 4.79 Å². The zero-order valence-corrected chi connectivity index (χ0v) is 14.5. The first-order valence-corrected chi connectivity index (χ1v) is 9.45. The zero-order chi connectivity index (χ0) is 15.6. The van der Waals surface area contributed by atoms with Gasteiger partial charge in [0, 0.05) is 29.3 Å². The molecule has 0 spiro atoms. The van der Waals surface area contributed by atoms with Crippen LogP contribution in [0.5, 0.6) is 0 Å². The summed E-state index contributed by atoms with van der Waals surface area (Å²) in [6.45, 7) is 7.82. The van der Waals surface area contributed by atoms with Gasteiger partial charge in [-0.05, 0) is 12.8 Å². The summed E-state index contributed by atoms with van der Waals surface area (Å²) in [5.74, 6) is 0.512. The van der Waals surface area contributed by atoms with Gasteiger partial charge < -0.3 is 10.0 Å². The number of urea groups is 1. The lowest BCUT2D eigenvalue weighted by Gasteiger charge is -2.32. The van der Waals surface area contributed by atoms with Crippen LogP contribution in [0.1, 0.15) is 33.6 Å². The van der Waals surface area contributed by atoms with Crippen molar-refractivity contribution >= 4 is 35.5 Å². The normalized spacial score (nSPS) is 29.3. The lowest BCUT2D eigenvalue weighted by molar-refractivity contribution is -0.141. The highest BCUT2D eigenvalue weighted by Crippen LogP contribution is 2.34. The molecular weight excluding hydrogens is 308 g/mol. The third-order valence-corrected chi connectivity index (χ3v) is 6.88. The molecule has 2 unspecified atom stereocenters. The molecule has 1 N–H and O–H groups in total. The van der Waals surface area contributed by atoms with Crippen LogP contribution in [0.15, 0.2) is 0 Å². The van der Waals surface area contributed by atoms with Crippen LogP contribution < -0.4 is 0 Å². The van der Waals surface area contributed by atoms with Gasteiger partial charge in [0.2, 0.25) is 0 Å². The zero-order valence-electron chi connectivity index (χ0n) is 12.9. The molecule has 0 saturated carbocycles. The second-order valence-corrected chi connectivity index (χ2v) is 9.10. The first kappa shape index (κ1) is 16.8. The molecule has 2 saturated heterocycles. The molecule has 2 amide bonds. The quantitative estimate of drug-likeness (QED) is 0.842. The molecule has 2 aliphatic rings. The number of carboxylic acids is 1. The number of rotatable bonds is 2. The summed E-state index contributed by atoms with van der Waals surface area (Å²) >= 11 is 3.46. The van der Waals surface area contributed by atoms with Crippen molar-refractivity contribution in [2.45, 2.75) is 49.8 Å². The molecule has 5 nitrogen and oxygen atoms in total. The van der Waals surface area contributed by atoms with Crippen LogP contribution in [0.25, 0.3) is 0 Å². The summed E-state index contributed by atoms with van der Waals surface area (Å²) in [6, 6.07) is -0.783. The number of hydrogen-bond donors (Lipinski definition) is 1. The number of carbonyl (C=O) groups is 2. The number of thioether (sulfide) groups is 2. The van der Waals surface area contributed by atoms with E-state index in [1.54, 1.807) is 16.7 Å². The van der Waals surface area contributed by atoms with E-state index in [-0.39, 0.29) is 16.2 Å². The molecule has 0 radical (unpaired) electrons. The van der Waals surface area contributed by atoms with Gasteiger partial charge in [-0.3, -0.25) is 4.90 Å². The van der Waals surface area contributed by atoms with E-state index in [0.29, 0.717) is 18.8 Å². The van der Waals surface area contributed by atoms with E-state index in [4.69, 9.17) is 0 Å². The fraction of sp³-hybridized carbons (Fsp3) is 0.857. The molecule has 2 atom stereocenters. The van der Waals surface area contributed by atoms with Crippen LogP contribution in [0.3, 0.4) is 0 Å². The Labute approximate surface area is 134 Å². The molecule has 2 heterocycles. The van der Waals surface area contributed by atoms with Gasteiger partial charge >= 0.3 is 12.0 Å². The summed E-state index contributed by atoms with van der Waals surface area (Å²) in [5, 5.41) is 9.34. The Morgan fingerprint density at radius 1 is 1.33 bits per heavy atom. The predicted octanol–water partition coefficient (Wildman–Crippen LogP) is 2.56. The molecule has 2 aliphatic heterocycles. The van der Waals surface area contributed by atoms with E-state index in [1.807, 2.05) is 23.6 Å². The number of amides is 2. The highest BCUT2D eigenvalue weighted by molar-refractivity contribution is 8.00. The fourth-order valence-electron chi connectivity index (χ4n) is 2.70. The standard InChI is InChI=1S/C14H24N2O3S2/c1-4-11-16(10(9-20-11)12(17)18)13(19)15-6-5-14(2,3)21-8-7-15/h10-11H,4-9H2,1-3H3,(H,17,18). The maximum Gasteiger partial charge on any atom is 0.327 e. The third-order valence-electron chi connectivity index (χ3n) is 4.06. The highest BCUT2D eigenvalue weighted by atomic mass is 32.2. The van der Waals surface area contributed by atoms with Crippen molar-refractivity contribution in [2.24, 2.45) is 0 Å². The maximum atomic E-state index is 12.8. The number of aliphatic carboxylic acids is 1. The molecule has 2 rings (SSSR count). The second kappa shape index (κ2) is 6.69. The lowest BCUT2D eigenvalue weighted by Crippen LogP contribution is -2.52. The largest absolute Gasteiger partial charge is 0.480 e. The minimum Gasteiger partial charge on any atom is -0.480 e. The Kier molecular flexibility index (Phi) is 5.35. The first-order chi connectivity index (χ1) is 9.85. The van der Waals surface area contributed by atoms with Crippen LogP contribution >= 0.6 is 23.5 Å². The second-order valence-electron chi connectivity index (χ2n) is 6.09. The van der Waals surface area contributed by atoms with E-state index >= 15 is 0 Å². The van der Waals surface area contributed by atoms with E-state index < -0.39 is 12.0 Å². The predicted molar refractivity (Wildman–Crippen MR) is 87.9 cm³/mol. The lowest BCUT2D eigenvalue weighted by atomic mass is 10.1. The molecule has 0 bridgehead atoms. The number of nitrogens with zero attached hydrogens (tertiary/aromatic N) is 2. The Balaban J connectivity index is 2.11. The average molecular weight is 332 g/mol. The molecule has 7 heteroatoms. The average Bonchev–Trinajstić information content (AvgIpc) is 2.77. The van der Waals surface area contributed by atoms with Gasteiger partial charge in [0.1, 0.15) is 6.04 Å². The molecule has 0 aromatic rings. The van der Waals surface area contributed by atoms with Crippen molar-refractivity contribution in [3.63, 3.8) is 0 Å². The van der Waals surface area contributed by atoms with Gasteiger partial charge in [0.05, 0.1) is 5.37 Å². The van der Waals surface area contributed by atoms with Gasteiger partial charge in [-0.25, -0.2) is 9.59 Å². The summed E-state index contributed by atoms with van der Waals surface area (Å²) < 4.78 is 0.186. The van der Waals surface area contributed by atoms with Crippen LogP contribution in [0.2, 0.25) is 0 Å². The van der Waals surface area contributed by atoms with Gasteiger partial charge in [-0.2, -0.15) is 11.8 Å². The van der Waals surface area contributed by atoms with Gasteiger partial charge in [-0.1, -0.05) is 20.8 Å². The molecule has 21 heavy (non-hydrogen) atoms. The van der Waals surface area contributed by atoms with Crippen molar-refractivity contribution < 1.29 is 14.7 Å². The van der Waals surface area contributed by atoms with Crippen LogP contribution in [0, 0.1) is 0 Å². The SMILES string of the molecule is CCC1SCC(C(=O)O)N1C(=O)N1CCSC(C)(C)CC1. The Morgan fingerprint density at radius 2 is 2.05 bits per heavy atom. The summed E-state index contributed by atoms with van der Waals surface area (Å²) in [4.78, 5) is 27.6. The van der Waals surface area contributed by atoms with E-state index in [0.717, 1.165) is 18.6 Å². The summed E-state index contributed by atoms with van der Waals surface area (Å²) in [5.41, 5.74) is 0. The van der Waals surface area contributed by atoms with Gasteiger partial charge in [-0.15, -0.1) is 11.8 Å². The highest BCUT2D eigenvalue weighted by Gasteiger charge is 2.43. The minimum atomic E-state index is -0.892. The first-order valence-electron chi connectivity index (χ1n) is 7.41. The van der Waals surface area contributed by atoms with E-state index in [2.05, 4.69) is 13.8 Å². The Hall–Kier alpha value is -0.560. The van der Waals surface area contributed by atoms with Gasteiger partial charge in [0.15, 0.2) is 0 Å². The van der Waals surface area contributed by atoms with E-state index in [1.165, 1.54) is 0 Å². The van der Waals surface area contributed by atoms with Crippen LogP contribution in [0.4, 0.5) is 4.79 Å². The smallest absolute Gasteiger partial charge is 0.327 e. The number of hydrogen-bond acceptors (Lipinski definition) is 4. The molecule has 2 fully saturated rings. The summed E-state index contributed by atoms with van der Waals surface area (Å²) in [7, 11) is 0. The molecule has 0 aromatic heterocycles. The summed E-state index contributed by atoms with van der Waals surface area (Å²) in [6.07, 6.45) is 1.73. The monoisotopic (exact) mass is 332 g/mol. The van der Waals surface area contributed by atoms with Crippen molar-refractivity contribution in [3.8, 4) is 0 Å². The Morgan fingerprint density at radius 3 is 2.67 bits per heavy atom. The molecule has 120 valence electrons. The van der Waals surface area contributed by atoms with Gasteiger partial charge in [0.25, 0.3) is 0 Å². The number of carboxylic acid groups (broad SMARTS) is 1. The van der Waals surface area contributed by atoms with Crippen molar-refractivity contribution in [3.05, 3.63) is 0 Å². The maximum absolute atomic E-state index is 12.8. The van der Waals surface area contributed by atoms with Crippen molar-refractivity contribution in [1.29, 1.82) is 0 Å². The third kappa shape index (κ3) is 3.80. The number of carbonyl (C=O) groups excluding carboxylic acids is 1. The topological polar surface area (TPSA) is 60.9 Å². The van der Waals surface area contributed by atoms with Crippen molar-refractivity contribution in [2.75, 3.05) is 24.6 Å².